The molecule has 0 aliphatic rings. The summed E-state index contributed by atoms with van der Waals surface area (Å²) in [7, 11) is 0. The summed E-state index contributed by atoms with van der Waals surface area (Å²) in [5.74, 6) is 0. The van der Waals surface area contributed by atoms with Crippen LogP contribution in [0.1, 0.15) is 0 Å². The lowest BCUT2D eigenvalue weighted by Crippen LogP contribution is -2.11. The Hall–Kier alpha value is -7.74. The van der Waals surface area contributed by atoms with Crippen LogP contribution in [-0.4, -0.2) is 0 Å². The fraction of sp³-hybridized carbons (Fsp3) is 0. The molecular formula is C58H39N. The summed E-state index contributed by atoms with van der Waals surface area (Å²) >= 11 is 0. The molecule has 0 heterocycles. The average Bonchev–Trinajstić information content (AvgIpc) is 3.32. The number of fused-ring (bicyclic) bond motifs is 7. The molecule has 59 heavy (non-hydrogen) atoms. The highest BCUT2D eigenvalue weighted by Crippen LogP contribution is 2.50. The van der Waals surface area contributed by atoms with Crippen LogP contribution in [0.4, 0.5) is 17.1 Å². The van der Waals surface area contributed by atoms with Crippen LogP contribution in [0.25, 0.3) is 87.6 Å². The summed E-state index contributed by atoms with van der Waals surface area (Å²) in [6.07, 6.45) is 0. The number of benzene rings is 11. The number of hydrogen-bond acceptors (Lipinski definition) is 1. The maximum atomic E-state index is 2.43. The van der Waals surface area contributed by atoms with Gasteiger partial charge in [0.25, 0.3) is 0 Å². The SMILES string of the molecule is c1ccc(-c2cc(-c3ccccc3)c3c4ccccc4c4cc(N(c5ccccc5)c5ccccc5-c5cccc6ccccc56)ccc4c3c2-c2ccccc2)cc1. The first-order valence-electron chi connectivity index (χ1n) is 20.4. The number of anilines is 3. The van der Waals surface area contributed by atoms with E-state index in [-0.39, 0.29) is 0 Å². The number of hydrogen-bond donors (Lipinski definition) is 0. The van der Waals surface area contributed by atoms with E-state index in [0.29, 0.717) is 0 Å². The summed E-state index contributed by atoms with van der Waals surface area (Å²) in [6.45, 7) is 0. The minimum Gasteiger partial charge on any atom is -0.310 e. The van der Waals surface area contributed by atoms with Crippen LogP contribution in [0.5, 0.6) is 0 Å². The van der Waals surface area contributed by atoms with Gasteiger partial charge >= 0.3 is 0 Å². The Balaban J connectivity index is 1.26. The van der Waals surface area contributed by atoms with Gasteiger partial charge in [0.05, 0.1) is 5.69 Å². The topological polar surface area (TPSA) is 3.24 Å². The first-order chi connectivity index (χ1) is 29.3. The molecule has 1 nitrogen and oxygen atoms in total. The first-order valence-corrected chi connectivity index (χ1v) is 20.4. The Labute approximate surface area is 344 Å². The Bertz CT molecular complexity index is 3290. The maximum absolute atomic E-state index is 2.43. The van der Waals surface area contributed by atoms with Crippen LogP contribution in [0.2, 0.25) is 0 Å². The summed E-state index contributed by atoms with van der Waals surface area (Å²) in [4.78, 5) is 2.43. The summed E-state index contributed by atoms with van der Waals surface area (Å²) < 4.78 is 0. The minimum absolute atomic E-state index is 1.10. The molecule has 276 valence electrons. The van der Waals surface area contributed by atoms with Gasteiger partial charge in [0.15, 0.2) is 0 Å². The van der Waals surface area contributed by atoms with Gasteiger partial charge in [-0.1, -0.05) is 200 Å². The van der Waals surface area contributed by atoms with Crippen LogP contribution in [0.15, 0.2) is 237 Å². The second-order valence-electron chi connectivity index (χ2n) is 15.2. The zero-order valence-electron chi connectivity index (χ0n) is 32.5. The predicted octanol–water partition coefficient (Wildman–Crippen LogP) is 16.4. The number of rotatable bonds is 7. The Kier molecular flexibility index (Phi) is 8.56. The van der Waals surface area contributed by atoms with E-state index in [0.717, 1.165) is 17.1 Å². The van der Waals surface area contributed by atoms with Crippen molar-refractivity contribution in [1.29, 1.82) is 0 Å². The molecule has 0 fully saturated rings. The largest absolute Gasteiger partial charge is 0.310 e. The fourth-order valence-electron chi connectivity index (χ4n) is 9.24. The van der Waals surface area contributed by atoms with Crippen molar-refractivity contribution in [3.8, 4) is 44.5 Å². The van der Waals surface area contributed by atoms with Gasteiger partial charge in [-0.25, -0.2) is 0 Å². The van der Waals surface area contributed by atoms with Crippen LogP contribution in [0.3, 0.4) is 0 Å². The van der Waals surface area contributed by atoms with Gasteiger partial charge in [0.1, 0.15) is 0 Å². The van der Waals surface area contributed by atoms with Crippen molar-refractivity contribution in [3.05, 3.63) is 237 Å². The van der Waals surface area contributed by atoms with Crippen molar-refractivity contribution in [1.82, 2.24) is 0 Å². The molecule has 11 aromatic carbocycles. The van der Waals surface area contributed by atoms with E-state index in [1.54, 1.807) is 0 Å². The standard InChI is InChI=1S/C58H39N/c1-5-20-41(21-6-1)52-39-53(42-22-7-2-8-23-42)57-50-33-16-15-31-48(50)54-38-45(36-37-51(54)58(57)56(52)43-25-9-3-10-26-43)59(44-28-11-4-12-29-44)55-35-18-17-32-49(55)47-34-19-27-40-24-13-14-30-46(40)47/h1-39H. The summed E-state index contributed by atoms with van der Waals surface area (Å²) in [5, 5.41) is 9.92. The van der Waals surface area contributed by atoms with Gasteiger partial charge in [0, 0.05) is 16.9 Å². The van der Waals surface area contributed by atoms with Crippen molar-refractivity contribution in [2.75, 3.05) is 4.90 Å². The zero-order valence-corrected chi connectivity index (χ0v) is 32.5. The van der Waals surface area contributed by atoms with E-state index < -0.39 is 0 Å². The molecule has 0 unspecified atom stereocenters. The molecule has 0 aliphatic heterocycles. The predicted molar refractivity (Wildman–Crippen MR) is 253 cm³/mol. The van der Waals surface area contributed by atoms with Gasteiger partial charge in [-0.2, -0.15) is 0 Å². The van der Waals surface area contributed by atoms with E-state index in [1.807, 2.05) is 0 Å². The molecule has 0 saturated heterocycles. The highest BCUT2D eigenvalue weighted by molar-refractivity contribution is 6.33. The van der Waals surface area contributed by atoms with Crippen molar-refractivity contribution >= 4 is 60.2 Å². The molecule has 0 spiro atoms. The van der Waals surface area contributed by atoms with Gasteiger partial charge in [-0.3, -0.25) is 0 Å². The molecule has 11 aromatic rings. The van der Waals surface area contributed by atoms with Crippen molar-refractivity contribution in [3.63, 3.8) is 0 Å². The van der Waals surface area contributed by atoms with Crippen LogP contribution in [0, 0.1) is 0 Å². The molecule has 1 heteroatoms. The molecule has 0 N–H and O–H groups in total. The first kappa shape index (κ1) is 34.5. The average molecular weight is 750 g/mol. The third-order valence-electron chi connectivity index (χ3n) is 11.8. The van der Waals surface area contributed by atoms with Gasteiger partial charge in [0.2, 0.25) is 0 Å². The zero-order chi connectivity index (χ0) is 39.1. The van der Waals surface area contributed by atoms with E-state index in [2.05, 4.69) is 241 Å². The van der Waals surface area contributed by atoms with Crippen LogP contribution < -0.4 is 4.90 Å². The molecule has 0 bridgehead atoms. The van der Waals surface area contributed by atoms with E-state index >= 15 is 0 Å². The van der Waals surface area contributed by atoms with E-state index in [1.165, 1.54) is 87.6 Å². The Morgan fingerprint density at radius 3 is 1.51 bits per heavy atom. The third kappa shape index (κ3) is 5.95. The molecule has 0 saturated carbocycles. The summed E-state index contributed by atoms with van der Waals surface area (Å²) in [6, 6.07) is 86.3. The van der Waals surface area contributed by atoms with Crippen molar-refractivity contribution in [2.24, 2.45) is 0 Å². The molecule has 0 atom stereocenters. The maximum Gasteiger partial charge on any atom is 0.0540 e. The fourth-order valence-corrected chi connectivity index (χ4v) is 9.24. The second-order valence-corrected chi connectivity index (χ2v) is 15.2. The molecule has 0 aliphatic carbocycles. The van der Waals surface area contributed by atoms with E-state index in [9.17, 15) is 0 Å². The number of nitrogens with zero attached hydrogens (tertiary/aromatic N) is 1. The molecule has 0 radical (unpaired) electrons. The highest BCUT2D eigenvalue weighted by Gasteiger charge is 2.23. The number of para-hydroxylation sites is 2. The van der Waals surface area contributed by atoms with Crippen molar-refractivity contribution in [2.45, 2.75) is 0 Å². The third-order valence-corrected chi connectivity index (χ3v) is 11.8. The molecular weight excluding hydrogens is 711 g/mol. The Morgan fingerprint density at radius 1 is 0.254 bits per heavy atom. The summed E-state index contributed by atoms with van der Waals surface area (Å²) in [5.41, 5.74) is 13.0. The lowest BCUT2D eigenvalue weighted by atomic mass is 9.81. The lowest BCUT2D eigenvalue weighted by Gasteiger charge is -2.29. The van der Waals surface area contributed by atoms with E-state index in [4.69, 9.17) is 0 Å². The lowest BCUT2D eigenvalue weighted by molar-refractivity contribution is 1.29. The smallest absolute Gasteiger partial charge is 0.0540 e. The van der Waals surface area contributed by atoms with Crippen LogP contribution >= 0.6 is 0 Å². The molecule has 0 amide bonds. The van der Waals surface area contributed by atoms with Gasteiger partial charge in [-0.05, 0) is 118 Å². The quantitative estimate of drug-likeness (QED) is 0.147. The normalized spacial score (nSPS) is 11.4. The van der Waals surface area contributed by atoms with Gasteiger partial charge in [-0.15, -0.1) is 0 Å². The Morgan fingerprint density at radius 2 is 0.780 bits per heavy atom. The van der Waals surface area contributed by atoms with Crippen molar-refractivity contribution < 1.29 is 0 Å². The minimum atomic E-state index is 1.10. The second kappa shape index (κ2) is 14.6. The molecule has 11 rings (SSSR count). The monoisotopic (exact) mass is 749 g/mol. The highest BCUT2D eigenvalue weighted by atomic mass is 15.1. The van der Waals surface area contributed by atoms with Crippen LogP contribution in [-0.2, 0) is 0 Å². The van der Waals surface area contributed by atoms with Gasteiger partial charge < -0.3 is 4.90 Å². The molecule has 0 aromatic heterocycles.